The third-order valence-electron chi connectivity index (χ3n) is 3.26. The smallest absolute Gasteiger partial charge is 0.338 e. The maximum atomic E-state index is 11.7. The molecule has 1 aliphatic heterocycles. The van der Waals surface area contributed by atoms with Crippen LogP contribution in [0.3, 0.4) is 0 Å². The molecule has 1 aromatic rings. The first-order valence-corrected chi connectivity index (χ1v) is 6.52. The molecule has 1 saturated heterocycles. The van der Waals surface area contributed by atoms with Gasteiger partial charge < -0.3 is 15.8 Å². The summed E-state index contributed by atoms with van der Waals surface area (Å²) in [6.45, 7) is 1.55. The molecule has 2 rings (SSSR count). The number of rotatable bonds is 4. The van der Waals surface area contributed by atoms with Gasteiger partial charge in [-0.25, -0.2) is 4.79 Å². The van der Waals surface area contributed by atoms with Crippen LogP contribution in [0.15, 0.2) is 24.3 Å². The summed E-state index contributed by atoms with van der Waals surface area (Å²) < 4.78 is 5.25. The number of esters is 1. The molecule has 1 fully saturated rings. The van der Waals surface area contributed by atoms with Crippen molar-refractivity contribution in [3.05, 3.63) is 29.8 Å². The largest absolute Gasteiger partial charge is 0.462 e. The molecule has 0 saturated carbocycles. The summed E-state index contributed by atoms with van der Waals surface area (Å²) >= 11 is 0. The van der Waals surface area contributed by atoms with Gasteiger partial charge in [-0.15, -0.1) is 0 Å². The summed E-state index contributed by atoms with van der Waals surface area (Å²) in [5, 5.41) is 3.43. The zero-order chi connectivity index (χ0) is 12.8. The van der Waals surface area contributed by atoms with E-state index in [1.807, 2.05) is 0 Å². The molecule has 0 spiro atoms. The van der Waals surface area contributed by atoms with Crippen LogP contribution in [0.2, 0.25) is 0 Å². The third-order valence-corrected chi connectivity index (χ3v) is 3.26. The summed E-state index contributed by atoms with van der Waals surface area (Å²) in [5.41, 5.74) is 6.77. The maximum Gasteiger partial charge on any atom is 0.338 e. The fraction of sp³-hybridized carbons (Fsp3) is 0.500. The summed E-state index contributed by atoms with van der Waals surface area (Å²) in [4.78, 5) is 11.7. The van der Waals surface area contributed by atoms with Crippen LogP contribution < -0.4 is 11.1 Å². The average Bonchev–Trinajstić information content (AvgIpc) is 2.40. The number of benzene rings is 1. The van der Waals surface area contributed by atoms with E-state index in [1.54, 1.807) is 24.3 Å². The lowest BCUT2D eigenvalue weighted by molar-refractivity contribution is 0.0486. The Kier molecular flexibility index (Phi) is 4.59. The van der Waals surface area contributed by atoms with E-state index in [4.69, 9.17) is 10.5 Å². The van der Waals surface area contributed by atoms with E-state index in [9.17, 15) is 4.79 Å². The second-order valence-corrected chi connectivity index (χ2v) is 4.69. The van der Waals surface area contributed by atoms with Crippen molar-refractivity contribution in [1.29, 1.82) is 0 Å². The van der Waals surface area contributed by atoms with E-state index >= 15 is 0 Å². The number of carbonyl (C=O) groups excluding carboxylic acids is 1. The minimum absolute atomic E-state index is 0.272. The van der Waals surface area contributed by atoms with Gasteiger partial charge in [0.1, 0.15) is 0 Å². The molecule has 1 heterocycles. The fourth-order valence-corrected chi connectivity index (χ4v) is 2.17. The van der Waals surface area contributed by atoms with E-state index in [-0.39, 0.29) is 5.97 Å². The summed E-state index contributed by atoms with van der Waals surface area (Å²) in [6, 6.07) is 7.30. The van der Waals surface area contributed by atoms with Crippen molar-refractivity contribution in [3.8, 4) is 0 Å². The van der Waals surface area contributed by atoms with Gasteiger partial charge in [0.2, 0.25) is 0 Å². The highest BCUT2D eigenvalue weighted by molar-refractivity contribution is 5.89. The van der Waals surface area contributed by atoms with Gasteiger partial charge in [0.15, 0.2) is 0 Å². The highest BCUT2D eigenvalue weighted by atomic mass is 16.5. The Morgan fingerprint density at radius 2 is 2.11 bits per heavy atom. The third kappa shape index (κ3) is 3.74. The molecule has 0 unspecified atom stereocenters. The van der Waals surface area contributed by atoms with Crippen LogP contribution in [-0.2, 0) is 4.74 Å². The summed E-state index contributed by atoms with van der Waals surface area (Å²) in [5.74, 6) is -0.272. The monoisotopic (exact) mass is 248 g/mol. The van der Waals surface area contributed by atoms with Gasteiger partial charge in [-0.05, 0) is 50.1 Å². The minimum atomic E-state index is -0.272. The highest BCUT2D eigenvalue weighted by Crippen LogP contribution is 2.11. The number of carbonyl (C=O) groups is 1. The highest BCUT2D eigenvalue weighted by Gasteiger charge is 2.13. The van der Waals surface area contributed by atoms with Crippen LogP contribution in [0, 0.1) is 0 Å². The first kappa shape index (κ1) is 12.9. The van der Waals surface area contributed by atoms with E-state index in [0.29, 0.717) is 23.9 Å². The van der Waals surface area contributed by atoms with Crippen molar-refractivity contribution in [3.63, 3.8) is 0 Å². The molecule has 4 heteroatoms. The van der Waals surface area contributed by atoms with Crippen LogP contribution in [0.25, 0.3) is 0 Å². The molecule has 1 aliphatic rings. The van der Waals surface area contributed by atoms with Gasteiger partial charge in [-0.3, -0.25) is 0 Å². The van der Waals surface area contributed by atoms with E-state index in [1.165, 1.54) is 19.3 Å². The number of nitrogens with two attached hydrogens (primary N) is 1. The zero-order valence-electron chi connectivity index (χ0n) is 10.5. The molecule has 0 radical (unpaired) electrons. The molecule has 0 aliphatic carbocycles. The fourth-order valence-electron chi connectivity index (χ4n) is 2.17. The number of nitrogens with one attached hydrogen (secondary N) is 1. The second-order valence-electron chi connectivity index (χ2n) is 4.69. The predicted molar refractivity (Wildman–Crippen MR) is 71.4 cm³/mol. The first-order chi connectivity index (χ1) is 8.75. The molecule has 1 atom stereocenters. The Balaban J connectivity index is 1.72. The average molecular weight is 248 g/mol. The van der Waals surface area contributed by atoms with Crippen LogP contribution in [0.5, 0.6) is 0 Å². The Hall–Kier alpha value is -1.55. The molecule has 98 valence electrons. The van der Waals surface area contributed by atoms with E-state index in [2.05, 4.69) is 5.32 Å². The standard InChI is InChI=1S/C14H20N2O2/c15-12-6-4-11(5-7-12)14(17)18-10-8-13-3-1-2-9-16-13/h4-7,13,16H,1-3,8-10,15H2/t13-/m1/s1. The molecular weight excluding hydrogens is 228 g/mol. The number of nitrogen functional groups attached to an aromatic ring is 1. The molecule has 18 heavy (non-hydrogen) atoms. The Bertz CT molecular complexity index is 383. The van der Waals surface area contributed by atoms with Crippen molar-refractivity contribution in [2.24, 2.45) is 0 Å². The van der Waals surface area contributed by atoms with Gasteiger partial charge in [0.25, 0.3) is 0 Å². The molecule has 3 N–H and O–H groups in total. The lowest BCUT2D eigenvalue weighted by Crippen LogP contribution is -2.35. The Morgan fingerprint density at radius 3 is 2.78 bits per heavy atom. The van der Waals surface area contributed by atoms with Gasteiger partial charge in [0, 0.05) is 11.7 Å². The van der Waals surface area contributed by atoms with Gasteiger partial charge >= 0.3 is 5.97 Å². The molecular formula is C14H20N2O2. The SMILES string of the molecule is Nc1ccc(C(=O)OCC[C@H]2CCCCN2)cc1. The molecule has 0 bridgehead atoms. The van der Waals surface area contributed by atoms with Crippen molar-refractivity contribution >= 4 is 11.7 Å². The Morgan fingerprint density at radius 1 is 1.33 bits per heavy atom. The van der Waals surface area contributed by atoms with E-state index in [0.717, 1.165) is 13.0 Å². The summed E-state index contributed by atoms with van der Waals surface area (Å²) in [6.07, 6.45) is 4.59. The van der Waals surface area contributed by atoms with Crippen molar-refractivity contribution < 1.29 is 9.53 Å². The van der Waals surface area contributed by atoms with Crippen LogP contribution >= 0.6 is 0 Å². The van der Waals surface area contributed by atoms with Crippen LogP contribution in [0.4, 0.5) is 5.69 Å². The molecule has 1 aromatic carbocycles. The lowest BCUT2D eigenvalue weighted by Gasteiger charge is -2.23. The first-order valence-electron chi connectivity index (χ1n) is 6.52. The topological polar surface area (TPSA) is 64.4 Å². The quantitative estimate of drug-likeness (QED) is 0.631. The number of piperidine rings is 1. The normalized spacial score (nSPS) is 19.4. The van der Waals surface area contributed by atoms with E-state index < -0.39 is 0 Å². The van der Waals surface area contributed by atoms with Gasteiger partial charge in [-0.1, -0.05) is 6.42 Å². The number of anilines is 1. The van der Waals surface area contributed by atoms with Crippen LogP contribution in [0.1, 0.15) is 36.0 Å². The molecule has 0 amide bonds. The van der Waals surface area contributed by atoms with Gasteiger partial charge in [0.05, 0.1) is 12.2 Å². The predicted octanol–water partition coefficient (Wildman–Crippen LogP) is 1.96. The van der Waals surface area contributed by atoms with Crippen molar-refractivity contribution in [2.45, 2.75) is 31.7 Å². The van der Waals surface area contributed by atoms with Gasteiger partial charge in [-0.2, -0.15) is 0 Å². The number of hydrogen-bond acceptors (Lipinski definition) is 4. The molecule has 4 nitrogen and oxygen atoms in total. The maximum absolute atomic E-state index is 11.7. The number of ether oxygens (including phenoxy) is 1. The minimum Gasteiger partial charge on any atom is -0.462 e. The Labute approximate surface area is 108 Å². The zero-order valence-corrected chi connectivity index (χ0v) is 10.5. The molecule has 0 aromatic heterocycles. The van der Waals surface area contributed by atoms with Crippen LogP contribution in [-0.4, -0.2) is 25.2 Å². The lowest BCUT2D eigenvalue weighted by atomic mass is 10.0. The second kappa shape index (κ2) is 6.40. The van der Waals surface area contributed by atoms with Crippen molar-refractivity contribution in [2.75, 3.05) is 18.9 Å². The number of hydrogen-bond donors (Lipinski definition) is 2. The summed E-state index contributed by atoms with van der Waals surface area (Å²) in [7, 11) is 0. The van der Waals surface area contributed by atoms with Crippen molar-refractivity contribution in [1.82, 2.24) is 5.32 Å².